The van der Waals surface area contributed by atoms with Gasteiger partial charge >= 0.3 is 0 Å². The first-order chi connectivity index (χ1) is 10.8. The number of anilines is 1. The minimum Gasteiger partial charge on any atom is -0.335 e. The van der Waals surface area contributed by atoms with Crippen molar-refractivity contribution in [1.82, 2.24) is 4.90 Å². The molecular formula is C16H22N2O4S. The fourth-order valence-corrected chi connectivity index (χ4v) is 4.54. The zero-order valence-electron chi connectivity index (χ0n) is 13.4. The van der Waals surface area contributed by atoms with Crippen LogP contribution in [0.2, 0.25) is 0 Å². The van der Waals surface area contributed by atoms with Gasteiger partial charge in [-0.15, -0.1) is 0 Å². The summed E-state index contributed by atoms with van der Waals surface area (Å²) in [5, 5.41) is 2.65. The molecule has 1 heterocycles. The van der Waals surface area contributed by atoms with Crippen molar-refractivity contribution in [2.45, 2.75) is 32.7 Å². The summed E-state index contributed by atoms with van der Waals surface area (Å²) in [7, 11) is -3.05. The van der Waals surface area contributed by atoms with Gasteiger partial charge in [-0.1, -0.05) is 13.0 Å². The van der Waals surface area contributed by atoms with E-state index in [1.807, 2.05) is 6.92 Å². The second kappa shape index (κ2) is 7.12. The lowest BCUT2D eigenvalue weighted by molar-refractivity contribution is -0.114. The highest BCUT2D eigenvalue weighted by Gasteiger charge is 2.34. The van der Waals surface area contributed by atoms with Gasteiger partial charge in [0.15, 0.2) is 9.84 Å². The van der Waals surface area contributed by atoms with Gasteiger partial charge in [-0.2, -0.15) is 0 Å². The summed E-state index contributed by atoms with van der Waals surface area (Å²) >= 11 is 0. The van der Waals surface area contributed by atoms with Gasteiger partial charge < -0.3 is 10.2 Å². The fourth-order valence-electron chi connectivity index (χ4n) is 2.81. The van der Waals surface area contributed by atoms with Gasteiger partial charge in [0.05, 0.1) is 11.5 Å². The van der Waals surface area contributed by atoms with E-state index >= 15 is 0 Å². The van der Waals surface area contributed by atoms with Crippen LogP contribution in [-0.2, 0) is 14.6 Å². The molecule has 0 radical (unpaired) electrons. The van der Waals surface area contributed by atoms with E-state index in [0.29, 0.717) is 24.2 Å². The van der Waals surface area contributed by atoms with E-state index in [1.165, 1.54) is 6.92 Å². The van der Waals surface area contributed by atoms with Crippen LogP contribution in [0.25, 0.3) is 0 Å². The van der Waals surface area contributed by atoms with E-state index < -0.39 is 9.84 Å². The molecule has 1 fully saturated rings. The zero-order chi connectivity index (χ0) is 17.0. The maximum Gasteiger partial charge on any atom is 0.254 e. The van der Waals surface area contributed by atoms with Crippen LogP contribution in [0.1, 0.15) is 37.0 Å². The number of rotatable bonds is 5. The summed E-state index contributed by atoms with van der Waals surface area (Å²) in [5.41, 5.74) is 1.01. The largest absolute Gasteiger partial charge is 0.335 e. The zero-order valence-corrected chi connectivity index (χ0v) is 14.2. The number of carbonyl (C=O) groups excluding carboxylic acids is 2. The van der Waals surface area contributed by atoms with E-state index in [-0.39, 0.29) is 29.4 Å². The number of carbonyl (C=O) groups is 2. The van der Waals surface area contributed by atoms with Gasteiger partial charge in [-0.25, -0.2) is 8.42 Å². The Bertz CT molecular complexity index is 700. The van der Waals surface area contributed by atoms with E-state index in [1.54, 1.807) is 29.2 Å². The Labute approximate surface area is 136 Å². The van der Waals surface area contributed by atoms with Crippen LogP contribution in [-0.4, -0.2) is 49.2 Å². The van der Waals surface area contributed by atoms with Crippen molar-refractivity contribution < 1.29 is 18.0 Å². The van der Waals surface area contributed by atoms with Crippen LogP contribution in [0.4, 0.5) is 5.69 Å². The standard InChI is InChI=1S/C16H22N2O4S/c1-3-8-18(15-7-9-23(21,22)11-15)16(20)13-5-4-6-14(10-13)17-12(2)19/h4-6,10,15H,3,7-9,11H2,1-2H3,(H,17,19). The monoisotopic (exact) mass is 338 g/mol. The number of nitrogens with one attached hydrogen (secondary N) is 1. The second-order valence-electron chi connectivity index (χ2n) is 5.82. The maximum absolute atomic E-state index is 12.8. The Hall–Kier alpha value is -1.89. The van der Waals surface area contributed by atoms with Crippen LogP contribution in [0, 0.1) is 0 Å². The van der Waals surface area contributed by atoms with E-state index in [2.05, 4.69) is 5.32 Å². The topological polar surface area (TPSA) is 83.6 Å². The summed E-state index contributed by atoms with van der Waals surface area (Å²) in [6.45, 7) is 3.88. The highest BCUT2D eigenvalue weighted by Crippen LogP contribution is 2.21. The van der Waals surface area contributed by atoms with E-state index in [9.17, 15) is 18.0 Å². The summed E-state index contributed by atoms with van der Waals surface area (Å²) in [5.74, 6) is -0.232. The van der Waals surface area contributed by atoms with Crippen molar-refractivity contribution in [1.29, 1.82) is 0 Å². The molecule has 0 spiro atoms. The minimum atomic E-state index is -3.05. The molecule has 23 heavy (non-hydrogen) atoms. The molecule has 2 rings (SSSR count). The van der Waals surface area contributed by atoms with Crippen molar-refractivity contribution in [3.05, 3.63) is 29.8 Å². The Balaban J connectivity index is 2.22. The molecule has 1 atom stereocenters. The lowest BCUT2D eigenvalue weighted by Gasteiger charge is -2.28. The lowest BCUT2D eigenvalue weighted by Crippen LogP contribution is -2.41. The first-order valence-electron chi connectivity index (χ1n) is 7.71. The summed E-state index contributed by atoms with van der Waals surface area (Å²) < 4.78 is 23.4. The van der Waals surface area contributed by atoms with Crippen molar-refractivity contribution in [3.8, 4) is 0 Å². The highest BCUT2D eigenvalue weighted by atomic mass is 32.2. The normalized spacial score (nSPS) is 19.3. The fraction of sp³-hybridized carbons (Fsp3) is 0.500. The van der Waals surface area contributed by atoms with E-state index in [4.69, 9.17) is 0 Å². The molecule has 1 aromatic rings. The minimum absolute atomic E-state index is 0.0319. The smallest absolute Gasteiger partial charge is 0.254 e. The van der Waals surface area contributed by atoms with Crippen LogP contribution in [0.15, 0.2) is 24.3 Å². The predicted molar refractivity (Wildman–Crippen MR) is 89.1 cm³/mol. The first kappa shape index (κ1) is 17.5. The van der Waals surface area contributed by atoms with Gasteiger partial charge in [0, 0.05) is 30.8 Å². The van der Waals surface area contributed by atoms with Gasteiger partial charge in [0.25, 0.3) is 5.91 Å². The highest BCUT2D eigenvalue weighted by molar-refractivity contribution is 7.91. The Morgan fingerprint density at radius 1 is 1.35 bits per heavy atom. The molecule has 126 valence electrons. The van der Waals surface area contributed by atoms with Crippen LogP contribution < -0.4 is 5.32 Å². The molecule has 2 amide bonds. The predicted octanol–water partition coefficient (Wildman–Crippen LogP) is 1.68. The molecule has 1 aliphatic rings. The first-order valence-corrected chi connectivity index (χ1v) is 9.53. The maximum atomic E-state index is 12.8. The number of sulfone groups is 1. The molecule has 0 aliphatic carbocycles. The molecule has 1 aromatic carbocycles. The molecule has 1 N–H and O–H groups in total. The van der Waals surface area contributed by atoms with Crippen molar-refractivity contribution in [3.63, 3.8) is 0 Å². The number of hydrogen-bond acceptors (Lipinski definition) is 4. The number of nitrogens with zero attached hydrogens (tertiary/aromatic N) is 1. The molecule has 1 aliphatic heterocycles. The second-order valence-corrected chi connectivity index (χ2v) is 8.05. The Morgan fingerprint density at radius 2 is 2.09 bits per heavy atom. The van der Waals surface area contributed by atoms with E-state index in [0.717, 1.165) is 6.42 Å². The Morgan fingerprint density at radius 3 is 2.65 bits per heavy atom. The van der Waals surface area contributed by atoms with Gasteiger partial charge in [0.2, 0.25) is 5.91 Å². The summed E-state index contributed by atoms with van der Waals surface area (Å²) in [6, 6.07) is 6.45. The molecule has 0 aromatic heterocycles. The number of amides is 2. The third kappa shape index (κ3) is 4.54. The molecule has 7 heteroatoms. The third-order valence-corrected chi connectivity index (χ3v) is 5.55. The van der Waals surface area contributed by atoms with Crippen LogP contribution in [0.5, 0.6) is 0 Å². The van der Waals surface area contributed by atoms with Gasteiger partial charge in [0.1, 0.15) is 0 Å². The Kier molecular flexibility index (Phi) is 5.41. The number of benzene rings is 1. The molecule has 6 nitrogen and oxygen atoms in total. The van der Waals surface area contributed by atoms with Gasteiger partial charge in [-0.3, -0.25) is 9.59 Å². The van der Waals surface area contributed by atoms with Crippen LogP contribution in [0.3, 0.4) is 0 Å². The molecule has 1 unspecified atom stereocenters. The van der Waals surface area contributed by atoms with Crippen LogP contribution >= 0.6 is 0 Å². The average Bonchev–Trinajstić information content (AvgIpc) is 2.83. The average molecular weight is 338 g/mol. The molecular weight excluding hydrogens is 316 g/mol. The van der Waals surface area contributed by atoms with Crippen molar-refractivity contribution >= 4 is 27.3 Å². The quantitative estimate of drug-likeness (QED) is 0.885. The summed E-state index contributed by atoms with van der Waals surface area (Å²) in [6.07, 6.45) is 1.24. The van der Waals surface area contributed by atoms with Crippen molar-refractivity contribution in [2.24, 2.45) is 0 Å². The van der Waals surface area contributed by atoms with Crippen molar-refractivity contribution in [2.75, 3.05) is 23.4 Å². The molecule has 0 saturated carbocycles. The summed E-state index contributed by atoms with van der Waals surface area (Å²) in [4.78, 5) is 25.6. The number of hydrogen-bond donors (Lipinski definition) is 1. The molecule has 1 saturated heterocycles. The van der Waals surface area contributed by atoms with Gasteiger partial charge in [-0.05, 0) is 31.0 Å². The lowest BCUT2D eigenvalue weighted by atomic mass is 10.1. The SMILES string of the molecule is CCCN(C(=O)c1cccc(NC(C)=O)c1)C1CCS(=O)(=O)C1. The molecule has 0 bridgehead atoms. The third-order valence-electron chi connectivity index (χ3n) is 3.80.